The molecule has 35 heavy (non-hydrogen) atoms. The molecule has 0 spiro atoms. The van der Waals surface area contributed by atoms with Gasteiger partial charge in [-0.2, -0.15) is 0 Å². The average Bonchev–Trinajstić information content (AvgIpc) is 3.41. The normalized spacial score (nSPS) is 12.9. The maximum absolute atomic E-state index is 12.7. The molecule has 1 atom stereocenters. The second-order valence-electron chi connectivity index (χ2n) is 8.35. The maximum Gasteiger partial charge on any atom is 0.407 e. The molecule has 1 aromatic heterocycles. The van der Waals surface area contributed by atoms with Crippen molar-refractivity contribution in [1.29, 1.82) is 0 Å². The summed E-state index contributed by atoms with van der Waals surface area (Å²) in [6.07, 6.45) is -0.506. The van der Waals surface area contributed by atoms with Gasteiger partial charge in [0.25, 0.3) is 0 Å². The number of carbonyl (C=O) groups excluding carboxylic acids is 2. The molecule has 0 saturated carbocycles. The van der Waals surface area contributed by atoms with Gasteiger partial charge in [0.2, 0.25) is 5.91 Å². The fourth-order valence-electron chi connectivity index (χ4n) is 4.28. The van der Waals surface area contributed by atoms with Crippen LogP contribution in [0.5, 0.6) is 0 Å². The van der Waals surface area contributed by atoms with E-state index in [1.807, 2.05) is 60.8 Å². The van der Waals surface area contributed by atoms with Crippen molar-refractivity contribution < 1.29 is 24.2 Å². The van der Waals surface area contributed by atoms with Crippen molar-refractivity contribution in [1.82, 2.24) is 15.6 Å². The Bertz CT molecular complexity index is 1180. The fraction of sp³-hybridized carbons (Fsp3) is 0.308. The second kappa shape index (κ2) is 11.1. The van der Waals surface area contributed by atoms with Crippen LogP contribution in [0, 0.1) is 6.92 Å². The lowest BCUT2D eigenvalue weighted by molar-refractivity contribution is -0.137. The minimum atomic E-state index is -1.05. The number of ether oxygens (including phenoxy) is 1. The molecule has 0 fully saturated rings. The third-order valence-corrected chi connectivity index (χ3v) is 6.77. The van der Waals surface area contributed by atoms with Crippen LogP contribution < -0.4 is 10.6 Å². The monoisotopic (exact) mass is 493 g/mol. The Morgan fingerprint density at radius 2 is 1.74 bits per heavy atom. The van der Waals surface area contributed by atoms with Crippen LogP contribution in [-0.4, -0.2) is 47.3 Å². The largest absolute Gasteiger partial charge is 0.481 e. The molecule has 8 nitrogen and oxygen atoms in total. The Morgan fingerprint density at radius 1 is 1.09 bits per heavy atom. The van der Waals surface area contributed by atoms with Crippen molar-refractivity contribution in [3.63, 3.8) is 0 Å². The van der Waals surface area contributed by atoms with Crippen LogP contribution in [0.3, 0.4) is 0 Å². The molecule has 0 saturated heterocycles. The van der Waals surface area contributed by atoms with E-state index in [4.69, 9.17) is 9.84 Å². The van der Waals surface area contributed by atoms with E-state index in [1.54, 1.807) is 0 Å². The molecule has 1 aliphatic carbocycles. The topological polar surface area (TPSA) is 118 Å². The van der Waals surface area contributed by atoms with Crippen molar-refractivity contribution in [2.75, 3.05) is 13.2 Å². The minimum Gasteiger partial charge on any atom is -0.481 e. The van der Waals surface area contributed by atoms with E-state index in [9.17, 15) is 14.4 Å². The number of hydrogen-bond donors (Lipinski definition) is 3. The first-order valence-corrected chi connectivity index (χ1v) is 12.3. The van der Waals surface area contributed by atoms with Crippen LogP contribution in [-0.2, 0) is 20.7 Å². The average molecular weight is 494 g/mol. The molecule has 3 aromatic rings. The Labute approximate surface area is 207 Å². The van der Waals surface area contributed by atoms with Gasteiger partial charge in [0, 0.05) is 30.7 Å². The lowest BCUT2D eigenvalue weighted by Gasteiger charge is -2.19. The van der Waals surface area contributed by atoms with Gasteiger partial charge < -0.3 is 20.5 Å². The summed E-state index contributed by atoms with van der Waals surface area (Å²) in [6.45, 7) is 2.35. The molecule has 2 aromatic carbocycles. The lowest BCUT2D eigenvalue weighted by Crippen LogP contribution is -2.47. The van der Waals surface area contributed by atoms with Gasteiger partial charge in [0.05, 0.1) is 10.7 Å². The molecule has 4 rings (SSSR count). The van der Waals surface area contributed by atoms with Crippen LogP contribution in [0.15, 0.2) is 53.9 Å². The molecule has 0 radical (unpaired) electrons. The number of aromatic nitrogens is 1. The highest BCUT2D eigenvalue weighted by molar-refractivity contribution is 7.09. The first-order chi connectivity index (χ1) is 16.9. The zero-order valence-electron chi connectivity index (χ0n) is 19.3. The number of benzene rings is 2. The van der Waals surface area contributed by atoms with Crippen molar-refractivity contribution in [2.24, 2.45) is 0 Å². The molecule has 2 amide bonds. The molecule has 0 bridgehead atoms. The van der Waals surface area contributed by atoms with Crippen LogP contribution in [0.1, 0.15) is 40.6 Å². The van der Waals surface area contributed by atoms with Crippen LogP contribution in [0.2, 0.25) is 0 Å². The first-order valence-electron chi connectivity index (χ1n) is 11.4. The van der Waals surface area contributed by atoms with Gasteiger partial charge in [-0.1, -0.05) is 48.5 Å². The van der Waals surface area contributed by atoms with Gasteiger partial charge in [-0.25, -0.2) is 9.78 Å². The number of hydrogen-bond acceptors (Lipinski definition) is 6. The summed E-state index contributed by atoms with van der Waals surface area (Å²) in [4.78, 5) is 40.7. The van der Waals surface area contributed by atoms with Gasteiger partial charge in [-0.15, -0.1) is 11.3 Å². The fourth-order valence-corrected chi connectivity index (χ4v) is 4.93. The quantitative estimate of drug-likeness (QED) is 0.395. The van der Waals surface area contributed by atoms with E-state index in [-0.39, 0.29) is 25.4 Å². The summed E-state index contributed by atoms with van der Waals surface area (Å²) in [5.74, 6) is -1.61. The second-order valence-corrected chi connectivity index (χ2v) is 9.42. The standard InChI is InChI=1S/C26H27N3O5S/c1-16-28-17(15-35-16)12-13-27-25(32)23(10-11-24(30)31)29-26(33)34-14-22-20-8-4-2-6-18(20)19-7-3-5-9-21(19)22/h2-9,15,22-23H,10-14H2,1H3,(H,27,32)(H,29,33)(H,30,31). The van der Waals surface area contributed by atoms with E-state index in [0.717, 1.165) is 33.0 Å². The molecular formula is C26H27N3O5S. The lowest BCUT2D eigenvalue weighted by atomic mass is 9.98. The number of carbonyl (C=O) groups is 3. The summed E-state index contributed by atoms with van der Waals surface area (Å²) in [7, 11) is 0. The summed E-state index contributed by atoms with van der Waals surface area (Å²) < 4.78 is 5.52. The van der Waals surface area contributed by atoms with E-state index in [2.05, 4.69) is 15.6 Å². The van der Waals surface area contributed by atoms with Crippen LogP contribution in [0.4, 0.5) is 4.79 Å². The zero-order valence-corrected chi connectivity index (χ0v) is 20.1. The molecule has 1 aliphatic rings. The smallest absolute Gasteiger partial charge is 0.407 e. The third-order valence-electron chi connectivity index (χ3n) is 5.95. The Balaban J connectivity index is 1.35. The van der Waals surface area contributed by atoms with Gasteiger partial charge in [-0.3, -0.25) is 9.59 Å². The Hall–Kier alpha value is -3.72. The van der Waals surface area contributed by atoms with Gasteiger partial charge >= 0.3 is 12.1 Å². The molecule has 182 valence electrons. The van der Waals surface area contributed by atoms with Crippen molar-refractivity contribution in [3.05, 3.63) is 75.7 Å². The van der Waals surface area contributed by atoms with Crippen molar-refractivity contribution >= 4 is 29.3 Å². The zero-order chi connectivity index (χ0) is 24.8. The van der Waals surface area contributed by atoms with E-state index >= 15 is 0 Å². The molecule has 1 heterocycles. The highest BCUT2D eigenvalue weighted by Crippen LogP contribution is 2.44. The SMILES string of the molecule is Cc1nc(CCNC(=O)C(CCC(=O)O)NC(=O)OCC2c3ccccc3-c3ccccc32)cs1. The summed E-state index contributed by atoms with van der Waals surface area (Å²) in [5, 5.41) is 17.2. The predicted octanol–water partition coefficient (Wildman–Crippen LogP) is 3.88. The van der Waals surface area contributed by atoms with E-state index in [1.165, 1.54) is 11.3 Å². The van der Waals surface area contributed by atoms with Gasteiger partial charge in [0.1, 0.15) is 12.6 Å². The third kappa shape index (κ3) is 6.05. The number of thiazole rings is 1. The summed E-state index contributed by atoms with van der Waals surface area (Å²) in [6, 6.07) is 15.0. The number of carboxylic acid groups (broad SMARTS) is 1. The Kier molecular flexibility index (Phi) is 7.77. The van der Waals surface area contributed by atoms with Gasteiger partial charge in [0.15, 0.2) is 0 Å². The first kappa shape index (κ1) is 24.4. The minimum absolute atomic E-state index is 0.0405. The number of nitrogens with one attached hydrogen (secondary N) is 2. The number of aliphatic carboxylic acids is 1. The number of carboxylic acids is 1. The van der Waals surface area contributed by atoms with Crippen LogP contribution >= 0.6 is 11.3 Å². The number of aryl methyl sites for hydroxylation is 1. The van der Waals surface area contributed by atoms with E-state index in [0.29, 0.717) is 13.0 Å². The molecule has 1 unspecified atom stereocenters. The number of alkyl carbamates (subject to hydrolysis) is 1. The highest BCUT2D eigenvalue weighted by Gasteiger charge is 2.30. The molecule has 3 N–H and O–H groups in total. The van der Waals surface area contributed by atoms with Gasteiger partial charge in [-0.05, 0) is 35.6 Å². The number of rotatable bonds is 10. The summed E-state index contributed by atoms with van der Waals surface area (Å²) in [5.41, 5.74) is 5.27. The van der Waals surface area contributed by atoms with Crippen molar-refractivity contribution in [2.45, 2.75) is 38.1 Å². The summed E-state index contributed by atoms with van der Waals surface area (Å²) >= 11 is 1.53. The number of fused-ring (bicyclic) bond motifs is 3. The maximum atomic E-state index is 12.7. The Morgan fingerprint density at radius 3 is 2.34 bits per heavy atom. The molecular weight excluding hydrogens is 466 g/mol. The number of amides is 2. The predicted molar refractivity (Wildman–Crippen MR) is 132 cm³/mol. The number of nitrogens with zero attached hydrogens (tertiary/aromatic N) is 1. The van der Waals surface area contributed by atoms with Crippen molar-refractivity contribution in [3.8, 4) is 11.1 Å². The molecule has 9 heteroatoms. The highest BCUT2D eigenvalue weighted by atomic mass is 32.1. The van der Waals surface area contributed by atoms with Crippen LogP contribution in [0.25, 0.3) is 11.1 Å². The molecule has 0 aliphatic heterocycles. The van der Waals surface area contributed by atoms with E-state index < -0.39 is 24.0 Å².